The van der Waals surface area contributed by atoms with E-state index in [0.717, 1.165) is 8.95 Å². The van der Waals surface area contributed by atoms with Gasteiger partial charge in [0.15, 0.2) is 0 Å². The van der Waals surface area contributed by atoms with E-state index in [-0.39, 0.29) is 5.41 Å². The van der Waals surface area contributed by atoms with E-state index in [1.54, 1.807) is 0 Å². The number of rotatable bonds is 2. The van der Waals surface area contributed by atoms with Gasteiger partial charge in [0.1, 0.15) is 0 Å². The van der Waals surface area contributed by atoms with Gasteiger partial charge in [0.25, 0.3) is 0 Å². The van der Waals surface area contributed by atoms with E-state index in [1.165, 1.54) is 22.3 Å². The Hall–Kier alpha value is -1.64. The summed E-state index contributed by atoms with van der Waals surface area (Å²) in [5, 5.41) is 0. The molecular formula is C21H14Br2. The summed E-state index contributed by atoms with van der Waals surface area (Å²) >= 11 is 7.09. The molecule has 4 rings (SSSR count). The first-order valence-corrected chi connectivity index (χ1v) is 9.09. The van der Waals surface area contributed by atoms with Crippen LogP contribution in [0.25, 0.3) is 6.08 Å². The van der Waals surface area contributed by atoms with Gasteiger partial charge in [0.2, 0.25) is 0 Å². The van der Waals surface area contributed by atoms with E-state index in [1.807, 2.05) is 0 Å². The fraction of sp³-hybridized carbons (Fsp3) is 0.0476. The summed E-state index contributed by atoms with van der Waals surface area (Å²) in [6, 6.07) is 25.9. The number of hydrogen-bond acceptors (Lipinski definition) is 0. The van der Waals surface area contributed by atoms with Crippen molar-refractivity contribution in [1.29, 1.82) is 0 Å². The molecule has 0 aliphatic heterocycles. The third-order valence-electron chi connectivity index (χ3n) is 4.50. The number of benzene rings is 3. The second kappa shape index (κ2) is 5.77. The molecular weight excluding hydrogens is 412 g/mol. The fourth-order valence-corrected chi connectivity index (χ4v) is 3.93. The van der Waals surface area contributed by atoms with Gasteiger partial charge in [-0.15, -0.1) is 0 Å². The van der Waals surface area contributed by atoms with Gasteiger partial charge in [-0.1, -0.05) is 92.5 Å². The summed E-state index contributed by atoms with van der Waals surface area (Å²) in [7, 11) is 0. The molecule has 0 atom stereocenters. The van der Waals surface area contributed by atoms with Crippen molar-refractivity contribution in [1.82, 2.24) is 0 Å². The van der Waals surface area contributed by atoms with Gasteiger partial charge >= 0.3 is 0 Å². The van der Waals surface area contributed by atoms with E-state index in [9.17, 15) is 0 Å². The summed E-state index contributed by atoms with van der Waals surface area (Å²) in [6.07, 6.45) is 4.56. The molecule has 0 heterocycles. The van der Waals surface area contributed by atoms with Crippen molar-refractivity contribution >= 4 is 37.9 Å². The highest BCUT2D eigenvalue weighted by Gasteiger charge is 2.38. The van der Waals surface area contributed by atoms with Gasteiger partial charge in [-0.3, -0.25) is 0 Å². The van der Waals surface area contributed by atoms with Gasteiger partial charge in [-0.25, -0.2) is 0 Å². The van der Waals surface area contributed by atoms with Crippen molar-refractivity contribution in [2.75, 3.05) is 0 Å². The van der Waals surface area contributed by atoms with Crippen molar-refractivity contribution < 1.29 is 0 Å². The summed E-state index contributed by atoms with van der Waals surface area (Å²) in [5.41, 5.74) is 4.97. The molecule has 0 N–H and O–H groups in total. The van der Waals surface area contributed by atoms with E-state index < -0.39 is 0 Å². The Morgan fingerprint density at radius 1 is 0.609 bits per heavy atom. The topological polar surface area (TPSA) is 0 Å². The average molecular weight is 426 g/mol. The van der Waals surface area contributed by atoms with E-state index in [2.05, 4.69) is 117 Å². The molecule has 23 heavy (non-hydrogen) atoms. The smallest absolute Gasteiger partial charge is 0.0641 e. The van der Waals surface area contributed by atoms with Crippen molar-refractivity contribution in [3.05, 3.63) is 110 Å². The molecule has 112 valence electrons. The highest BCUT2D eigenvalue weighted by atomic mass is 79.9. The molecule has 0 saturated heterocycles. The normalized spacial score (nSPS) is 14.7. The van der Waals surface area contributed by atoms with Crippen molar-refractivity contribution in [3.63, 3.8) is 0 Å². The Bertz CT molecular complexity index is 829. The van der Waals surface area contributed by atoms with E-state index >= 15 is 0 Å². The predicted molar refractivity (Wildman–Crippen MR) is 104 cm³/mol. The minimum Gasteiger partial charge on any atom is -0.0646 e. The first-order valence-electron chi connectivity index (χ1n) is 7.51. The zero-order valence-electron chi connectivity index (χ0n) is 12.3. The number of allylic oxidation sites excluding steroid dienone is 1. The molecule has 0 fully saturated rings. The lowest BCUT2D eigenvalue weighted by Gasteiger charge is -2.31. The third kappa shape index (κ3) is 2.41. The maximum atomic E-state index is 3.54. The van der Waals surface area contributed by atoms with Crippen LogP contribution >= 0.6 is 31.9 Å². The Kier molecular flexibility index (Phi) is 3.74. The number of hydrogen-bond donors (Lipinski definition) is 0. The van der Waals surface area contributed by atoms with Crippen molar-refractivity contribution in [2.24, 2.45) is 0 Å². The molecule has 0 spiro atoms. The van der Waals surface area contributed by atoms with E-state index in [0.29, 0.717) is 0 Å². The van der Waals surface area contributed by atoms with Crippen LogP contribution in [0.1, 0.15) is 22.3 Å². The van der Waals surface area contributed by atoms with Crippen molar-refractivity contribution in [3.8, 4) is 0 Å². The summed E-state index contributed by atoms with van der Waals surface area (Å²) < 4.78 is 2.20. The molecule has 3 aromatic rings. The quantitative estimate of drug-likeness (QED) is 0.435. The highest BCUT2D eigenvalue weighted by molar-refractivity contribution is 9.10. The van der Waals surface area contributed by atoms with Gasteiger partial charge in [-0.05, 0) is 46.5 Å². The molecule has 0 amide bonds. The van der Waals surface area contributed by atoms with Crippen molar-refractivity contribution in [2.45, 2.75) is 5.41 Å². The van der Waals surface area contributed by atoms with E-state index in [4.69, 9.17) is 0 Å². The van der Waals surface area contributed by atoms with Crippen LogP contribution in [0.3, 0.4) is 0 Å². The highest BCUT2D eigenvalue weighted by Crippen LogP contribution is 2.46. The van der Waals surface area contributed by atoms with Crippen LogP contribution in [0.15, 0.2) is 87.8 Å². The zero-order chi connectivity index (χ0) is 15.9. The van der Waals surface area contributed by atoms with Crippen LogP contribution in [0.2, 0.25) is 0 Å². The Morgan fingerprint density at radius 2 is 1.13 bits per heavy atom. The standard InChI is InChI=1S/C21H14Br2/c22-18-9-5-16(6-10-18)21(17-7-11-19(23)12-8-17)14-13-15-3-1-2-4-20(15)21/h1-14H. The molecule has 0 nitrogen and oxygen atoms in total. The molecule has 3 aromatic carbocycles. The molecule has 0 unspecified atom stereocenters. The maximum Gasteiger partial charge on any atom is 0.0641 e. The summed E-state index contributed by atoms with van der Waals surface area (Å²) in [6.45, 7) is 0. The van der Waals surface area contributed by atoms with Crippen LogP contribution in [0.5, 0.6) is 0 Å². The minimum absolute atomic E-state index is 0.224. The van der Waals surface area contributed by atoms with Gasteiger partial charge in [0.05, 0.1) is 5.41 Å². The van der Waals surface area contributed by atoms with Gasteiger partial charge in [0, 0.05) is 8.95 Å². The SMILES string of the molecule is Brc1ccc(C2(c3ccc(Br)cc3)C=Cc3ccccc32)cc1. The predicted octanol–water partition coefficient (Wildman–Crippen LogP) is 6.57. The van der Waals surface area contributed by atoms with Gasteiger partial charge in [-0.2, -0.15) is 0 Å². The third-order valence-corrected chi connectivity index (χ3v) is 5.55. The number of halogens is 2. The summed E-state index contributed by atoms with van der Waals surface area (Å²) in [5.74, 6) is 0. The maximum absolute atomic E-state index is 3.54. The first-order chi connectivity index (χ1) is 11.2. The second-order valence-corrected chi connectivity index (χ2v) is 7.57. The van der Waals surface area contributed by atoms with Crippen LogP contribution < -0.4 is 0 Å². The molecule has 0 saturated carbocycles. The fourth-order valence-electron chi connectivity index (χ4n) is 3.40. The number of fused-ring (bicyclic) bond motifs is 1. The largest absolute Gasteiger partial charge is 0.0646 e. The Labute approximate surface area is 153 Å². The summed E-state index contributed by atoms with van der Waals surface area (Å²) in [4.78, 5) is 0. The van der Waals surface area contributed by atoms with Crippen LogP contribution in [-0.4, -0.2) is 0 Å². The van der Waals surface area contributed by atoms with Crippen LogP contribution in [0.4, 0.5) is 0 Å². The average Bonchev–Trinajstić information content (AvgIpc) is 2.97. The molecule has 1 aliphatic carbocycles. The molecule has 0 radical (unpaired) electrons. The molecule has 2 heteroatoms. The van der Waals surface area contributed by atoms with Crippen LogP contribution in [-0.2, 0) is 5.41 Å². The molecule has 0 bridgehead atoms. The Morgan fingerprint density at radius 3 is 1.70 bits per heavy atom. The minimum atomic E-state index is -0.224. The molecule has 1 aliphatic rings. The lowest BCUT2D eigenvalue weighted by Crippen LogP contribution is -2.25. The first kappa shape index (κ1) is 14.9. The van der Waals surface area contributed by atoms with Gasteiger partial charge < -0.3 is 0 Å². The lowest BCUT2D eigenvalue weighted by atomic mass is 9.71. The molecule has 0 aromatic heterocycles. The van der Waals surface area contributed by atoms with Crippen LogP contribution in [0, 0.1) is 0 Å². The Balaban J connectivity index is 2.01. The lowest BCUT2D eigenvalue weighted by molar-refractivity contribution is 0.794. The monoisotopic (exact) mass is 424 g/mol. The zero-order valence-corrected chi connectivity index (χ0v) is 15.5. The second-order valence-electron chi connectivity index (χ2n) is 5.74.